The van der Waals surface area contributed by atoms with Gasteiger partial charge in [-0.1, -0.05) is 41.9 Å². The number of rotatable bonds is 7. The molecule has 0 aliphatic rings. The minimum absolute atomic E-state index is 0.0203. The number of nitrogens with one attached hydrogen (secondary N) is 1. The minimum Gasteiger partial charge on any atom is -0.493 e. The van der Waals surface area contributed by atoms with E-state index in [9.17, 15) is 4.79 Å². The molecule has 1 atom stereocenters. The Morgan fingerprint density at radius 1 is 1.15 bits per heavy atom. The first-order valence-electron chi connectivity index (χ1n) is 8.48. The molecule has 1 unspecified atom stereocenters. The fourth-order valence-electron chi connectivity index (χ4n) is 2.44. The number of ether oxygens (including phenoxy) is 2. The summed E-state index contributed by atoms with van der Waals surface area (Å²) in [5.41, 5.74) is 1.81. The van der Waals surface area contributed by atoms with Gasteiger partial charge in [-0.15, -0.1) is 0 Å². The zero-order valence-electron chi connectivity index (χ0n) is 15.5. The van der Waals surface area contributed by atoms with E-state index in [0.29, 0.717) is 16.5 Å². The molecule has 2 rings (SSSR count). The number of carbonyl (C=O) groups excluding carboxylic acids is 1. The van der Waals surface area contributed by atoms with E-state index in [1.807, 2.05) is 51.1 Å². The molecule has 0 aliphatic carbocycles. The summed E-state index contributed by atoms with van der Waals surface area (Å²) >= 11 is 6.30. The van der Waals surface area contributed by atoms with Gasteiger partial charge in [-0.2, -0.15) is 0 Å². The van der Waals surface area contributed by atoms with Crippen LogP contribution in [0.25, 0.3) is 6.08 Å². The Labute approximate surface area is 159 Å². The topological polar surface area (TPSA) is 47.6 Å². The molecule has 0 heterocycles. The number of hydrogen-bond donors (Lipinski definition) is 1. The summed E-state index contributed by atoms with van der Waals surface area (Å²) in [4.78, 5) is 12.2. The third-order valence-corrected chi connectivity index (χ3v) is 3.97. The van der Waals surface area contributed by atoms with Gasteiger partial charge in [0.2, 0.25) is 5.91 Å². The lowest BCUT2D eigenvalue weighted by molar-refractivity contribution is -0.117. The number of amides is 1. The molecular weight excluding hydrogens is 350 g/mol. The van der Waals surface area contributed by atoms with Crippen molar-refractivity contribution in [1.29, 1.82) is 0 Å². The summed E-state index contributed by atoms with van der Waals surface area (Å²) in [5.74, 6) is 0.853. The lowest BCUT2D eigenvalue weighted by Crippen LogP contribution is -2.24. The van der Waals surface area contributed by atoms with Crippen LogP contribution in [-0.2, 0) is 4.79 Å². The first-order chi connectivity index (χ1) is 12.4. The molecule has 1 amide bonds. The number of benzene rings is 2. The van der Waals surface area contributed by atoms with Crippen molar-refractivity contribution in [3.63, 3.8) is 0 Å². The van der Waals surface area contributed by atoms with Crippen molar-refractivity contribution < 1.29 is 14.3 Å². The van der Waals surface area contributed by atoms with Crippen molar-refractivity contribution in [2.24, 2.45) is 0 Å². The van der Waals surface area contributed by atoms with E-state index in [2.05, 4.69) is 5.32 Å². The van der Waals surface area contributed by atoms with Crippen LogP contribution in [0.5, 0.6) is 11.5 Å². The first kappa shape index (κ1) is 19.9. The van der Waals surface area contributed by atoms with E-state index in [0.717, 1.165) is 11.1 Å². The number of halogens is 1. The molecule has 5 heteroatoms. The normalized spacial score (nSPS) is 12.2. The number of methoxy groups -OCH3 is 1. The van der Waals surface area contributed by atoms with Gasteiger partial charge in [-0.3, -0.25) is 4.79 Å². The Morgan fingerprint density at radius 2 is 1.85 bits per heavy atom. The third-order valence-electron chi connectivity index (χ3n) is 3.69. The van der Waals surface area contributed by atoms with Crippen LogP contribution >= 0.6 is 11.6 Å². The van der Waals surface area contributed by atoms with Crippen LogP contribution in [0.3, 0.4) is 0 Å². The highest BCUT2D eigenvalue weighted by atomic mass is 35.5. The van der Waals surface area contributed by atoms with Crippen molar-refractivity contribution in [1.82, 2.24) is 5.32 Å². The van der Waals surface area contributed by atoms with E-state index < -0.39 is 0 Å². The summed E-state index contributed by atoms with van der Waals surface area (Å²) < 4.78 is 11.0. The Kier molecular flexibility index (Phi) is 7.10. The minimum atomic E-state index is -0.182. The molecule has 4 nitrogen and oxygen atoms in total. The summed E-state index contributed by atoms with van der Waals surface area (Å²) in [5, 5.41) is 3.37. The average Bonchev–Trinajstić information content (AvgIpc) is 2.62. The maximum absolute atomic E-state index is 12.2. The fourth-order valence-corrected chi connectivity index (χ4v) is 2.71. The van der Waals surface area contributed by atoms with Crippen LogP contribution in [0, 0.1) is 0 Å². The Bertz CT molecular complexity index is 772. The lowest BCUT2D eigenvalue weighted by atomic mass is 10.1. The van der Waals surface area contributed by atoms with E-state index >= 15 is 0 Å². The zero-order valence-corrected chi connectivity index (χ0v) is 16.2. The average molecular weight is 374 g/mol. The monoisotopic (exact) mass is 373 g/mol. The molecule has 1 N–H and O–H groups in total. The molecule has 0 radical (unpaired) electrons. The van der Waals surface area contributed by atoms with Gasteiger partial charge < -0.3 is 14.8 Å². The molecule has 0 bridgehead atoms. The zero-order chi connectivity index (χ0) is 19.1. The van der Waals surface area contributed by atoms with Gasteiger partial charge in [0.15, 0.2) is 11.5 Å². The molecule has 26 heavy (non-hydrogen) atoms. The molecule has 0 saturated carbocycles. The second-order valence-electron chi connectivity index (χ2n) is 6.18. The highest BCUT2D eigenvalue weighted by Gasteiger charge is 2.13. The smallest absolute Gasteiger partial charge is 0.244 e. The second-order valence-corrected chi connectivity index (χ2v) is 6.58. The Morgan fingerprint density at radius 3 is 2.46 bits per heavy atom. The van der Waals surface area contributed by atoms with Crippen molar-refractivity contribution in [3.05, 3.63) is 64.7 Å². The van der Waals surface area contributed by atoms with Crippen molar-refractivity contribution in [2.45, 2.75) is 32.9 Å². The molecule has 2 aromatic carbocycles. The standard InChI is InChI=1S/C21H24ClNO3/c1-14(2)26-21-18(22)12-16(13-19(21)25-4)10-11-20(24)23-15(3)17-8-6-5-7-9-17/h5-15H,1-4H3,(H,23,24)/b11-10+. The van der Waals surface area contributed by atoms with Crippen molar-refractivity contribution in [3.8, 4) is 11.5 Å². The van der Waals surface area contributed by atoms with Gasteiger partial charge in [0, 0.05) is 6.08 Å². The summed E-state index contributed by atoms with van der Waals surface area (Å²) in [6, 6.07) is 13.3. The van der Waals surface area contributed by atoms with Crippen LogP contribution in [0.2, 0.25) is 5.02 Å². The fraction of sp³-hybridized carbons (Fsp3) is 0.286. The van der Waals surface area contributed by atoms with E-state index in [1.54, 1.807) is 25.3 Å². The van der Waals surface area contributed by atoms with Gasteiger partial charge in [-0.05, 0) is 50.1 Å². The van der Waals surface area contributed by atoms with Gasteiger partial charge in [-0.25, -0.2) is 0 Å². The summed E-state index contributed by atoms with van der Waals surface area (Å²) in [6.45, 7) is 5.78. The maximum Gasteiger partial charge on any atom is 0.244 e. The quantitative estimate of drug-likeness (QED) is 0.692. The number of hydrogen-bond acceptors (Lipinski definition) is 3. The Balaban J connectivity index is 2.09. The van der Waals surface area contributed by atoms with Crippen LogP contribution in [-0.4, -0.2) is 19.1 Å². The van der Waals surface area contributed by atoms with Crippen LogP contribution in [0.1, 0.15) is 37.9 Å². The molecule has 0 aromatic heterocycles. The lowest BCUT2D eigenvalue weighted by Gasteiger charge is -2.15. The largest absolute Gasteiger partial charge is 0.493 e. The molecule has 2 aromatic rings. The number of carbonyl (C=O) groups is 1. The van der Waals surface area contributed by atoms with Gasteiger partial charge in [0.1, 0.15) is 0 Å². The molecule has 0 aliphatic heterocycles. The van der Waals surface area contributed by atoms with Gasteiger partial charge in [0.25, 0.3) is 0 Å². The molecule has 0 spiro atoms. The molecule has 138 valence electrons. The highest BCUT2D eigenvalue weighted by molar-refractivity contribution is 6.32. The Hall–Kier alpha value is -2.46. The van der Waals surface area contributed by atoms with E-state index in [4.69, 9.17) is 21.1 Å². The molecule has 0 saturated heterocycles. The predicted molar refractivity (Wildman–Crippen MR) is 106 cm³/mol. The molecule has 0 fully saturated rings. The summed E-state index contributed by atoms with van der Waals surface area (Å²) in [7, 11) is 1.56. The first-order valence-corrected chi connectivity index (χ1v) is 8.86. The maximum atomic E-state index is 12.2. The van der Waals surface area contributed by atoms with Gasteiger partial charge in [0.05, 0.1) is 24.3 Å². The highest BCUT2D eigenvalue weighted by Crippen LogP contribution is 2.37. The van der Waals surface area contributed by atoms with Crippen LogP contribution in [0.4, 0.5) is 0 Å². The SMILES string of the molecule is COc1cc(/C=C/C(=O)NC(C)c2ccccc2)cc(Cl)c1OC(C)C. The second kappa shape index (κ2) is 9.30. The van der Waals surface area contributed by atoms with E-state index in [-0.39, 0.29) is 18.1 Å². The van der Waals surface area contributed by atoms with E-state index in [1.165, 1.54) is 6.08 Å². The van der Waals surface area contributed by atoms with Crippen molar-refractivity contribution in [2.75, 3.05) is 7.11 Å². The van der Waals surface area contributed by atoms with Crippen LogP contribution < -0.4 is 14.8 Å². The predicted octanol–water partition coefficient (Wildman–Crippen LogP) is 5.03. The van der Waals surface area contributed by atoms with Crippen molar-refractivity contribution >= 4 is 23.6 Å². The summed E-state index contributed by atoms with van der Waals surface area (Å²) in [6.07, 6.45) is 3.15. The third kappa shape index (κ3) is 5.53. The van der Waals surface area contributed by atoms with Crippen LogP contribution in [0.15, 0.2) is 48.5 Å². The molecular formula is C21H24ClNO3. The van der Waals surface area contributed by atoms with Gasteiger partial charge >= 0.3 is 0 Å².